The standard InChI is InChI=1S/C53H84INO10/c1-32-18-14-13-15-19-33(2)46(62-11)30-42-24-22-39(8)53(60,65-42)50(57)51(58)55-25-17-16-20-44(55)52(59)64-47(37(6)28-41-23-21-34(3)45(29-41)61-10)31-43(54)36(5)27-35(4)40(9)49(63-12)48(56)38(7)26-32/h13-15,18-19,27,32,34,36-47,49,60H,16-17,20-26,28-31H2,1-12H3/b15-13+,18-14+,33-19+,35-27+/t32-,34-,36-,37+,38-,39-,40-,41+,42?,43+,44+,45-,46+,47+,49-,53-/m1/s1. The molecule has 11 nitrogen and oxygen atoms in total. The quantitative estimate of drug-likeness (QED) is 0.0900. The van der Waals surface area contributed by atoms with Crippen LogP contribution >= 0.6 is 22.6 Å². The highest BCUT2D eigenvalue weighted by Crippen LogP contribution is 2.39. The molecule has 1 saturated carbocycles. The van der Waals surface area contributed by atoms with Gasteiger partial charge in [-0.25, -0.2) is 4.79 Å². The molecule has 3 fully saturated rings. The van der Waals surface area contributed by atoms with Crippen molar-refractivity contribution in [2.75, 3.05) is 27.9 Å². The van der Waals surface area contributed by atoms with Crippen LogP contribution in [0.3, 0.4) is 0 Å². The van der Waals surface area contributed by atoms with E-state index in [9.17, 15) is 24.3 Å². The number of carbonyl (C=O) groups excluding carboxylic acids is 4. The minimum atomic E-state index is -2.35. The normalized spacial score (nSPS) is 41.5. The van der Waals surface area contributed by atoms with Crippen LogP contribution < -0.4 is 0 Å². The van der Waals surface area contributed by atoms with Crippen LogP contribution in [0, 0.1) is 47.3 Å². The van der Waals surface area contributed by atoms with Crippen LogP contribution in [0.5, 0.6) is 0 Å². The van der Waals surface area contributed by atoms with E-state index in [0.717, 1.165) is 36.8 Å². The van der Waals surface area contributed by atoms with E-state index in [2.05, 4.69) is 76.3 Å². The lowest BCUT2D eigenvalue weighted by Gasteiger charge is -2.43. The summed E-state index contributed by atoms with van der Waals surface area (Å²) in [6.07, 6.45) is 18.8. The van der Waals surface area contributed by atoms with E-state index in [4.69, 9.17) is 23.7 Å². The molecule has 3 heterocycles. The zero-order valence-corrected chi connectivity index (χ0v) is 43.9. The molecule has 16 atom stereocenters. The Morgan fingerprint density at radius 2 is 1.57 bits per heavy atom. The van der Waals surface area contributed by atoms with Crippen LogP contribution in [0.25, 0.3) is 0 Å². The van der Waals surface area contributed by atoms with Gasteiger partial charge < -0.3 is 33.7 Å². The molecule has 1 N–H and O–H groups in total. The van der Waals surface area contributed by atoms with Crippen LogP contribution in [0.2, 0.25) is 0 Å². The number of nitrogens with zero attached hydrogens (tertiary/aromatic N) is 1. The highest BCUT2D eigenvalue weighted by atomic mass is 127. The maximum atomic E-state index is 14.5. The summed E-state index contributed by atoms with van der Waals surface area (Å²) >= 11 is 2.47. The van der Waals surface area contributed by atoms with Gasteiger partial charge in [-0.05, 0) is 120 Å². The van der Waals surface area contributed by atoms with Crippen molar-refractivity contribution < 1.29 is 48.0 Å². The third kappa shape index (κ3) is 14.9. The highest BCUT2D eigenvalue weighted by Gasteiger charge is 2.53. The summed E-state index contributed by atoms with van der Waals surface area (Å²) in [6, 6.07) is -0.965. The number of amides is 1. The third-order valence-corrected chi connectivity index (χ3v) is 17.0. The molecule has 0 radical (unpaired) electrons. The first-order valence-electron chi connectivity index (χ1n) is 24.7. The molecule has 4 rings (SSSR count). The Morgan fingerprint density at radius 1 is 0.846 bits per heavy atom. The predicted molar refractivity (Wildman–Crippen MR) is 264 cm³/mol. The van der Waals surface area contributed by atoms with Crippen LogP contribution in [0.1, 0.15) is 139 Å². The monoisotopic (exact) mass is 1020 g/mol. The van der Waals surface area contributed by atoms with E-state index in [0.29, 0.717) is 63.2 Å². The van der Waals surface area contributed by atoms with Crippen molar-refractivity contribution in [1.29, 1.82) is 0 Å². The molecule has 1 unspecified atom stereocenters. The third-order valence-electron chi connectivity index (χ3n) is 15.4. The van der Waals surface area contributed by atoms with Crippen LogP contribution in [-0.4, -0.2) is 108 Å². The molecule has 12 heteroatoms. The van der Waals surface area contributed by atoms with Crippen LogP contribution in [0.15, 0.2) is 47.6 Å². The SMILES string of the molecule is CO[C@H]1CC2CC[C@@H](C)[C@@](O)(O2)C(=O)C(=O)N2CCCC[C@H]2C(=O)O[C@H]([C@@H](C)C[C@@H]2CC[C@@H](C)[C@H](OC)C2)C[C@H](I)[C@H](C)/C=C(\C)[C@@H](C)[C@@H](OC)C(=O)[C@H](C)C[C@H](C)/C=C/C=C/C=C/1C. The average Bonchev–Trinajstić information content (AvgIpc) is 3.28. The van der Waals surface area contributed by atoms with Crippen molar-refractivity contribution in [3.63, 3.8) is 0 Å². The summed E-state index contributed by atoms with van der Waals surface area (Å²) in [5.74, 6) is -4.57. The number of aliphatic hydroxyl groups is 1. The molecule has 0 aromatic carbocycles. The predicted octanol–water partition coefficient (Wildman–Crippen LogP) is 9.97. The van der Waals surface area contributed by atoms with Gasteiger partial charge in [0, 0.05) is 56.0 Å². The lowest BCUT2D eigenvalue weighted by molar-refractivity contribution is -0.265. The Balaban J connectivity index is 1.70. The van der Waals surface area contributed by atoms with Crippen molar-refractivity contribution in [2.45, 2.75) is 186 Å². The van der Waals surface area contributed by atoms with Gasteiger partial charge in [-0.3, -0.25) is 14.4 Å². The van der Waals surface area contributed by atoms with Gasteiger partial charge in [0.2, 0.25) is 5.79 Å². The largest absolute Gasteiger partial charge is 0.461 e. The Hall–Kier alpha value is -2.23. The number of carbonyl (C=O) groups is 4. The summed E-state index contributed by atoms with van der Waals surface area (Å²) in [5, 5.41) is 12.0. The summed E-state index contributed by atoms with van der Waals surface area (Å²) < 4.78 is 30.5. The number of ether oxygens (including phenoxy) is 5. The molecule has 2 bridgehead atoms. The number of esters is 1. The molecule has 4 aliphatic rings. The zero-order chi connectivity index (χ0) is 48.2. The van der Waals surface area contributed by atoms with Gasteiger partial charge in [-0.15, -0.1) is 0 Å². The van der Waals surface area contributed by atoms with E-state index < -0.39 is 53.7 Å². The second-order valence-corrected chi connectivity index (χ2v) is 22.1. The summed E-state index contributed by atoms with van der Waals surface area (Å²) in [7, 11) is 5.02. The molecular formula is C53H84INO10. The number of allylic oxidation sites excluding steroid dienone is 6. The molecule has 1 amide bonds. The molecule has 1 aliphatic carbocycles. The molecule has 3 aliphatic heterocycles. The number of cyclic esters (lactones) is 1. The Bertz CT molecular complexity index is 1710. The zero-order valence-electron chi connectivity index (χ0n) is 41.8. The van der Waals surface area contributed by atoms with Crippen molar-refractivity contribution in [2.24, 2.45) is 47.3 Å². The Morgan fingerprint density at radius 3 is 2.25 bits per heavy atom. The molecule has 2 saturated heterocycles. The average molecular weight is 1020 g/mol. The van der Waals surface area contributed by atoms with Crippen LogP contribution in [0.4, 0.5) is 0 Å². The second kappa shape index (κ2) is 25.9. The van der Waals surface area contributed by atoms with Crippen LogP contribution in [-0.2, 0) is 42.9 Å². The number of fused-ring (bicyclic) bond motifs is 3. The molecular weight excluding hydrogens is 937 g/mol. The number of alkyl halides is 1. The first-order valence-corrected chi connectivity index (χ1v) is 25.9. The summed E-state index contributed by atoms with van der Waals surface area (Å²) in [5.41, 5.74) is 2.00. The minimum absolute atomic E-state index is 0.0101. The number of piperidine rings is 1. The number of rotatable bonds is 6. The van der Waals surface area contributed by atoms with Crippen molar-refractivity contribution in [3.05, 3.63) is 47.6 Å². The van der Waals surface area contributed by atoms with Crippen molar-refractivity contribution in [1.82, 2.24) is 4.90 Å². The van der Waals surface area contributed by atoms with Gasteiger partial charge in [0.05, 0.1) is 18.3 Å². The first-order chi connectivity index (χ1) is 30.7. The summed E-state index contributed by atoms with van der Waals surface area (Å²) in [4.78, 5) is 58.4. The molecule has 0 aromatic rings. The smallest absolute Gasteiger partial charge is 0.329 e. The fourth-order valence-electron chi connectivity index (χ4n) is 10.7. The van der Waals surface area contributed by atoms with E-state index in [-0.39, 0.29) is 58.1 Å². The number of ketones is 2. The van der Waals surface area contributed by atoms with Gasteiger partial charge in [-0.1, -0.05) is 113 Å². The number of hydrogen-bond acceptors (Lipinski definition) is 10. The Labute approximate surface area is 405 Å². The fraction of sp³-hybridized carbons (Fsp3) is 0.774. The van der Waals surface area contributed by atoms with E-state index in [1.54, 1.807) is 28.3 Å². The van der Waals surface area contributed by atoms with E-state index in [1.807, 2.05) is 38.2 Å². The van der Waals surface area contributed by atoms with Gasteiger partial charge in [-0.2, -0.15) is 0 Å². The van der Waals surface area contributed by atoms with E-state index in [1.165, 1.54) is 4.90 Å². The lowest BCUT2D eigenvalue weighted by Crippen LogP contribution is -2.61. The molecule has 0 spiro atoms. The van der Waals surface area contributed by atoms with Crippen molar-refractivity contribution >= 4 is 46.0 Å². The Kier molecular flexibility index (Phi) is 22.1. The highest BCUT2D eigenvalue weighted by molar-refractivity contribution is 14.1. The van der Waals surface area contributed by atoms with E-state index >= 15 is 0 Å². The van der Waals surface area contributed by atoms with Gasteiger partial charge >= 0.3 is 5.97 Å². The molecule has 65 heavy (non-hydrogen) atoms. The van der Waals surface area contributed by atoms with Gasteiger partial charge in [0.1, 0.15) is 18.2 Å². The molecule has 368 valence electrons. The molecule has 0 aromatic heterocycles. The number of hydrogen-bond donors (Lipinski definition) is 1. The maximum absolute atomic E-state index is 14.5. The topological polar surface area (TPSA) is 138 Å². The maximum Gasteiger partial charge on any atom is 0.329 e. The number of Topliss-reactive ketones (excluding diaryl/α,β-unsaturated/α-hetero) is 2. The summed E-state index contributed by atoms with van der Waals surface area (Å²) in [6.45, 7) is 18.7. The fourth-order valence-corrected chi connectivity index (χ4v) is 11.4. The first kappa shape index (κ1) is 55.4. The second-order valence-electron chi connectivity index (χ2n) is 20.5. The van der Waals surface area contributed by atoms with Gasteiger partial charge in [0.25, 0.3) is 11.7 Å². The lowest BCUT2D eigenvalue weighted by atomic mass is 9.76. The van der Waals surface area contributed by atoms with Crippen molar-refractivity contribution in [3.8, 4) is 0 Å². The van der Waals surface area contributed by atoms with Gasteiger partial charge in [0.15, 0.2) is 5.78 Å². The number of halogens is 1. The minimum Gasteiger partial charge on any atom is -0.461 e. The number of methoxy groups -OCH3 is 3.